The predicted octanol–water partition coefficient (Wildman–Crippen LogP) is 1.72. The molecule has 1 aliphatic rings. The topological polar surface area (TPSA) is 69.2 Å². The number of nitrogens with zero attached hydrogens (tertiary/aromatic N) is 1. The first-order chi connectivity index (χ1) is 7.09. The lowest BCUT2D eigenvalue weighted by Crippen LogP contribution is -2.21. The molecule has 0 amide bonds. The van der Waals surface area contributed by atoms with E-state index in [1.54, 1.807) is 0 Å². The summed E-state index contributed by atoms with van der Waals surface area (Å²) in [5.74, 6) is -0.449. The Kier molecular flexibility index (Phi) is 2.19. The third kappa shape index (κ3) is 1.59. The second-order valence-corrected chi connectivity index (χ2v) is 3.90. The lowest BCUT2D eigenvalue weighted by molar-refractivity contribution is -0.385. The molecule has 1 aromatic rings. The second kappa shape index (κ2) is 3.27. The van der Waals surface area contributed by atoms with E-state index in [0.717, 1.165) is 18.9 Å². The van der Waals surface area contributed by atoms with Crippen molar-refractivity contribution in [2.45, 2.75) is 18.3 Å². The molecule has 0 heterocycles. The number of hydrogen-bond donors (Lipinski definition) is 1. The summed E-state index contributed by atoms with van der Waals surface area (Å²) in [6.45, 7) is 0.331. The minimum absolute atomic E-state index is 0.0284. The minimum Gasteiger partial charge on any atom is -0.330 e. The van der Waals surface area contributed by atoms with Crippen LogP contribution in [0.25, 0.3) is 0 Å². The normalized spacial score (nSPS) is 17.5. The molecule has 1 aliphatic carbocycles. The second-order valence-electron chi connectivity index (χ2n) is 3.90. The predicted molar refractivity (Wildman–Crippen MR) is 53.0 cm³/mol. The maximum absolute atomic E-state index is 13.0. The van der Waals surface area contributed by atoms with Gasteiger partial charge in [-0.15, -0.1) is 0 Å². The molecule has 2 rings (SSSR count). The highest BCUT2D eigenvalue weighted by Gasteiger charge is 2.47. The lowest BCUT2D eigenvalue weighted by Gasteiger charge is -2.12. The van der Waals surface area contributed by atoms with Crippen molar-refractivity contribution in [3.8, 4) is 0 Å². The Morgan fingerprint density at radius 3 is 2.67 bits per heavy atom. The zero-order chi connectivity index (χ0) is 11.1. The summed E-state index contributed by atoms with van der Waals surface area (Å²) in [6, 6.07) is 3.55. The van der Waals surface area contributed by atoms with Crippen molar-refractivity contribution in [1.82, 2.24) is 0 Å². The maximum Gasteiger partial charge on any atom is 0.273 e. The van der Waals surface area contributed by atoms with E-state index in [1.807, 2.05) is 0 Å². The monoisotopic (exact) mass is 210 g/mol. The largest absolute Gasteiger partial charge is 0.330 e. The Morgan fingerprint density at radius 2 is 2.20 bits per heavy atom. The van der Waals surface area contributed by atoms with Crippen molar-refractivity contribution in [2.24, 2.45) is 5.73 Å². The molecule has 0 spiro atoms. The molecule has 15 heavy (non-hydrogen) atoms. The zero-order valence-electron chi connectivity index (χ0n) is 8.07. The summed E-state index contributed by atoms with van der Waals surface area (Å²) < 4.78 is 13.0. The van der Waals surface area contributed by atoms with Gasteiger partial charge in [-0.3, -0.25) is 10.1 Å². The highest BCUT2D eigenvalue weighted by atomic mass is 19.1. The van der Waals surface area contributed by atoms with Gasteiger partial charge in [-0.25, -0.2) is 4.39 Å². The first-order valence-electron chi connectivity index (χ1n) is 4.73. The Bertz CT molecular complexity index is 416. The minimum atomic E-state index is -0.482. The molecule has 0 radical (unpaired) electrons. The molecule has 1 saturated carbocycles. The van der Waals surface area contributed by atoms with Gasteiger partial charge in [0.1, 0.15) is 5.82 Å². The van der Waals surface area contributed by atoms with Gasteiger partial charge in [0.15, 0.2) is 0 Å². The van der Waals surface area contributed by atoms with Crippen LogP contribution in [-0.2, 0) is 5.41 Å². The van der Waals surface area contributed by atoms with E-state index in [-0.39, 0.29) is 11.1 Å². The van der Waals surface area contributed by atoms with Gasteiger partial charge in [0.05, 0.1) is 4.92 Å². The molecule has 0 aromatic heterocycles. The SMILES string of the molecule is NCC1(c2cc(F)ccc2[N+](=O)[O-])CC1. The number of rotatable bonds is 3. The molecule has 80 valence electrons. The van der Waals surface area contributed by atoms with Crippen molar-refractivity contribution in [1.29, 1.82) is 0 Å². The van der Waals surface area contributed by atoms with Crippen molar-refractivity contribution in [3.63, 3.8) is 0 Å². The van der Waals surface area contributed by atoms with E-state index in [1.165, 1.54) is 12.1 Å². The Hall–Kier alpha value is -1.49. The summed E-state index contributed by atoms with van der Waals surface area (Å²) in [7, 11) is 0. The number of benzene rings is 1. The van der Waals surface area contributed by atoms with Crippen LogP contribution in [0.1, 0.15) is 18.4 Å². The first kappa shape index (κ1) is 10.0. The fourth-order valence-electron chi connectivity index (χ4n) is 1.83. The molecule has 1 fully saturated rings. The van der Waals surface area contributed by atoms with Crippen LogP contribution in [-0.4, -0.2) is 11.5 Å². The molecular formula is C10H11FN2O2. The Labute approximate surface area is 86.0 Å². The van der Waals surface area contributed by atoms with Crippen LogP contribution in [0.2, 0.25) is 0 Å². The van der Waals surface area contributed by atoms with Crippen molar-refractivity contribution < 1.29 is 9.31 Å². The molecule has 1 aromatic carbocycles. The molecule has 0 unspecified atom stereocenters. The van der Waals surface area contributed by atoms with Gasteiger partial charge in [-0.2, -0.15) is 0 Å². The molecule has 0 aliphatic heterocycles. The standard InChI is InChI=1S/C10H11FN2O2/c11-7-1-2-9(13(14)15)8(5-7)10(6-12)3-4-10/h1-2,5H,3-4,6,12H2. The number of nitro benzene ring substituents is 1. The van der Waals surface area contributed by atoms with Crippen LogP contribution in [0.15, 0.2) is 18.2 Å². The summed E-state index contributed by atoms with van der Waals surface area (Å²) in [4.78, 5) is 10.3. The molecule has 2 N–H and O–H groups in total. The highest BCUT2D eigenvalue weighted by molar-refractivity contribution is 5.48. The highest BCUT2D eigenvalue weighted by Crippen LogP contribution is 2.50. The van der Waals surface area contributed by atoms with E-state index in [0.29, 0.717) is 12.1 Å². The van der Waals surface area contributed by atoms with E-state index in [9.17, 15) is 14.5 Å². The smallest absolute Gasteiger partial charge is 0.273 e. The van der Waals surface area contributed by atoms with Crippen LogP contribution >= 0.6 is 0 Å². The van der Waals surface area contributed by atoms with E-state index in [2.05, 4.69) is 0 Å². The quantitative estimate of drug-likeness (QED) is 0.610. The van der Waals surface area contributed by atoms with Crippen molar-refractivity contribution in [2.75, 3.05) is 6.54 Å². The lowest BCUT2D eigenvalue weighted by atomic mass is 9.94. The van der Waals surface area contributed by atoms with Crippen molar-refractivity contribution >= 4 is 5.69 Å². The van der Waals surface area contributed by atoms with Crippen LogP contribution < -0.4 is 5.73 Å². The fraction of sp³-hybridized carbons (Fsp3) is 0.400. The van der Waals surface area contributed by atoms with Gasteiger partial charge in [0, 0.05) is 23.6 Å². The maximum atomic E-state index is 13.0. The molecule has 0 atom stereocenters. The number of nitrogens with two attached hydrogens (primary N) is 1. The van der Waals surface area contributed by atoms with E-state index in [4.69, 9.17) is 5.73 Å². The average Bonchev–Trinajstić information content (AvgIpc) is 2.97. The van der Waals surface area contributed by atoms with Gasteiger partial charge >= 0.3 is 0 Å². The third-order valence-corrected chi connectivity index (χ3v) is 2.97. The third-order valence-electron chi connectivity index (χ3n) is 2.97. The summed E-state index contributed by atoms with van der Waals surface area (Å²) in [6.07, 6.45) is 1.60. The van der Waals surface area contributed by atoms with Crippen LogP contribution in [0.4, 0.5) is 10.1 Å². The van der Waals surface area contributed by atoms with Crippen LogP contribution in [0, 0.1) is 15.9 Å². The van der Waals surface area contributed by atoms with Gasteiger partial charge in [0.25, 0.3) is 5.69 Å². The van der Waals surface area contributed by atoms with Gasteiger partial charge in [-0.1, -0.05) is 0 Å². The average molecular weight is 210 g/mol. The van der Waals surface area contributed by atoms with Gasteiger partial charge < -0.3 is 5.73 Å². The summed E-state index contributed by atoms with van der Waals surface area (Å²) >= 11 is 0. The van der Waals surface area contributed by atoms with Gasteiger partial charge in [0.2, 0.25) is 0 Å². The number of nitro groups is 1. The Morgan fingerprint density at radius 1 is 1.53 bits per heavy atom. The van der Waals surface area contributed by atoms with E-state index >= 15 is 0 Å². The summed E-state index contributed by atoms with van der Waals surface area (Å²) in [5, 5.41) is 10.8. The zero-order valence-corrected chi connectivity index (χ0v) is 8.07. The molecule has 0 bridgehead atoms. The molecule has 0 saturated heterocycles. The number of hydrogen-bond acceptors (Lipinski definition) is 3. The fourth-order valence-corrected chi connectivity index (χ4v) is 1.83. The molecule has 5 heteroatoms. The van der Waals surface area contributed by atoms with E-state index < -0.39 is 10.7 Å². The Balaban J connectivity index is 2.53. The van der Waals surface area contributed by atoms with Gasteiger partial charge in [-0.05, 0) is 25.0 Å². The van der Waals surface area contributed by atoms with Crippen LogP contribution in [0.3, 0.4) is 0 Å². The van der Waals surface area contributed by atoms with Crippen molar-refractivity contribution in [3.05, 3.63) is 39.7 Å². The van der Waals surface area contributed by atoms with Crippen LogP contribution in [0.5, 0.6) is 0 Å². The number of halogens is 1. The molecule has 4 nitrogen and oxygen atoms in total. The first-order valence-corrected chi connectivity index (χ1v) is 4.73. The summed E-state index contributed by atoms with van der Waals surface area (Å²) in [5.41, 5.74) is 5.63. The molecular weight excluding hydrogens is 199 g/mol.